The molecule has 4 heteroatoms. The van der Waals surface area contributed by atoms with Gasteiger partial charge in [-0.3, -0.25) is 0 Å². The van der Waals surface area contributed by atoms with E-state index in [1.807, 2.05) is 27.8 Å². The molecule has 0 spiro atoms. The van der Waals surface area contributed by atoms with E-state index in [-0.39, 0.29) is 6.09 Å². The van der Waals surface area contributed by atoms with Crippen LogP contribution in [0.2, 0.25) is 0 Å². The molecule has 0 aliphatic heterocycles. The lowest BCUT2D eigenvalue weighted by atomic mass is 10.3. The van der Waals surface area contributed by atoms with Crippen molar-refractivity contribution in [2.45, 2.75) is 40.5 Å². The minimum absolute atomic E-state index is 0.323. The third kappa shape index (κ3) is 13.2. The largest absolute Gasteiger partial charge is 0.448 e. The zero-order valence-electron chi connectivity index (χ0n) is 11.5. The van der Waals surface area contributed by atoms with Crippen LogP contribution in [0, 0.1) is 0 Å². The Hall–Kier alpha value is -0.770. The van der Waals surface area contributed by atoms with E-state index in [4.69, 9.17) is 4.74 Å². The molecule has 0 bridgehead atoms. The molecule has 4 nitrogen and oxygen atoms in total. The molecule has 0 radical (unpaired) electrons. The Bertz CT molecular complexity index is 152. The lowest BCUT2D eigenvalue weighted by Gasteiger charge is -2.15. The number of carbonyl (C=O) groups is 1. The van der Waals surface area contributed by atoms with Gasteiger partial charge in [-0.05, 0) is 26.9 Å². The van der Waals surface area contributed by atoms with Crippen LogP contribution in [-0.4, -0.2) is 44.3 Å². The molecule has 0 aliphatic rings. The molecule has 16 heavy (non-hydrogen) atoms. The Labute approximate surface area is 100 Å². The average Bonchev–Trinajstić information content (AvgIpc) is 2.29. The number of hydrogen-bond acceptors (Lipinski definition) is 3. The smallest absolute Gasteiger partial charge is 0.407 e. The lowest BCUT2D eigenvalue weighted by Crippen LogP contribution is -2.29. The lowest BCUT2D eigenvalue weighted by molar-refractivity contribution is 0.133. The van der Waals surface area contributed by atoms with Crippen molar-refractivity contribution in [2.24, 2.45) is 0 Å². The van der Waals surface area contributed by atoms with Crippen molar-refractivity contribution in [3.8, 4) is 0 Å². The second-order valence-corrected chi connectivity index (χ2v) is 3.32. The van der Waals surface area contributed by atoms with Gasteiger partial charge in [-0.15, -0.1) is 0 Å². The number of nitrogens with zero attached hydrogens (tertiary/aromatic N) is 1. The van der Waals surface area contributed by atoms with Gasteiger partial charge >= 0.3 is 6.09 Å². The molecule has 0 saturated heterocycles. The monoisotopic (exact) mass is 232 g/mol. The number of likely N-dealkylation sites (N-methyl/N-ethyl adjacent to an activating group) is 1. The van der Waals surface area contributed by atoms with Crippen molar-refractivity contribution in [3.63, 3.8) is 0 Å². The van der Waals surface area contributed by atoms with Crippen molar-refractivity contribution < 1.29 is 9.53 Å². The topological polar surface area (TPSA) is 41.6 Å². The first-order chi connectivity index (χ1) is 7.70. The fourth-order valence-corrected chi connectivity index (χ4v) is 1.03. The van der Waals surface area contributed by atoms with Gasteiger partial charge in [0.1, 0.15) is 6.61 Å². The van der Waals surface area contributed by atoms with Gasteiger partial charge in [-0.2, -0.15) is 0 Å². The first-order valence-electron chi connectivity index (χ1n) is 6.29. The number of ether oxygens (including phenoxy) is 1. The van der Waals surface area contributed by atoms with E-state index in [0.717, 1.165) is 13.1 Å². The SMILES string of the molecule is CC.CCCCN(C)CCOC(=O)NCC. The van der Waals surface area contributed by atoms with E-state index in [9.17, 15) is 4.79 Å². The van der Waals surface area contributed by atoms with Crippen LogP contribution in [0.25, 0.3) is 0 Å². The van der Waals surface area contributed by atoms with Gasteiger partial charge in [-0.25, -0.2) is 4.79 Å². The van der Waals surface area contributed by atoms with Gasteiger partial charge in [0.05, 0.1) is 0 Å². The van der Waals surface area contributed by atoms with E-state index >= 15 is 0 Å². The van der Waals surface area contributed by atoms with E-state index in [1.54, 1.807) is 0 Å². The first kappa shape index (κ1) is 17.6. The number of hydrogen-bond donors (Lipinski definition) is 1. The quantitative estimate of drug-likeness (QED) is 0.733. The molecule has 0 atom stereocenters. The summed E-state index contributed by atoms with van der Waals surface area (Å²) in [4.78, 5) is 13.1. The number of amides is 1. The summed E-state index contributed by atoms with van der Waals surface area (Å²) in [6.07, 6.45) is 2.07. The van der Waals surface area contributed by atoms with Crippen LogP contribution in [0.1, 0.15) is 40.5 Å². The molecule has 0 rings (SSSR count). The summed E-state index contributed by atoms with van der Waals surface area (Å²) < 4.78 is 4.94. The molecule has 0 aromatic carbocycles. The van der Waals surface area contributed by atoms with Crippen LogP contribution >= 0.6 is 0 Å². The van der Waals surface area contributed by atoms with Crippen LogP contribution in [0.15, 0.2) is 0 Å². The third-order valence-corrected chi connectivity index (χ3v) is 1.92. The van der Waals surface area contributed by atoms with Crippen molar-refractivity contribution in [1.82, 2.24) is 10.2 Å². The fourth-order valence-electron chi connectivity index (χ4n) is 1.03. The summed E-state index contributed by atoms with van der Waals surface area (Å²) in [6, 6.07) is 0. The second kappa shape index (κ2) is 14.2. The van der Waals surface area contributed by atoms with Crippen molar-refractivity contribution >= 4 is 6.09 Å². The van der Waals surface area contributed by atoms with Crippen molar-refractivity contribution in [2.75, 3.05) is 33.3 Å². The summed E-state index contributed by atoms with van der Waals surface area (Å²) >= 11 is 0. The molecule has 0 unspecified atom stereocenters. The third-order valence-electron chi connectivity index (χ3n) is 1.92. The summed E-state index contributed by atoms with van der Waals surface area (Å²) in [5.74, 6) is 0. The predicted molar refractivity (Wildman–Crippen MR) is 68.8 cm³/mol. The Morgan fingerprint density at radius 2 is 1.88 bits per heavy atom. The minimum Gasteiger partial charge on any atom is -0.448 e. The summed E-state index contributed by atoms with van der Waals surface area (Å²) in [5.41, 5.74) is 0. The van der Waals surface area contributed by atoms with Gasteiger partial charge in [0.2, 0.25) is 0 Å². The standard InChI is InChI=1S/C10H22N2O2.C2H6/c1-4-6-7-12(3)8-9-14-10(13)11-5-2;1-2/h4-9H2,1-3H3,(H,11,13);1-2H3. The van der Waals surface area contributed by atoms with Crippen molar-refractivity contribution in [3.05, 3.63) is 0 Å². The first-order valence-corrected chi connectivity index (χ1v) is 6.29. The predicted octanol–water partition coefficient (Wildman–Crippen LogP) is 2.49. The fraction of sp³-hybridized carbons (Fsp3) is 0.917. The Morgan fingerprint density at radius 1 is 1.25 bits per heavy atom. The zero-order chi connectivity index (χ0) is 12.8. The maximum absolute atomic E-state index is 10.9. The Balaban J connectivity index is 0. The van der Waals surface area contributed by atoms with E-state index in [0.29, 0.717) is 13.2 Å². The van der Waals surface area contributed by atoms with Crippen LogP contribution < -0.4 is 5.32 Å². The molecule has 0 aliphatic carbocycles. The number of carbonyl (C=O) groups excluding carboxylic acids is 1. The van der Waals surface area contributed by atoms with Crippen LogP contribution in [0.3, 0.4) is 0 Å². The van der Waals surface area contributed by atoms with E-state index in [2.05, 4.69) is 17.1 Å². The molecular formula is C12H28N2O2. The van der Waals surface area contributed by atoms with Crippen molar-refractivity contribution in [1.29, 1.82) is 0 Å². The molecule has 0 fully saturated rings. The molecular weight excluding hydrogens is 204 g/mol. The molecule has 1 amide bonds. The summed E-state index contributed by atoms with van der Waals surface area (Å²) in [7, 11) is 2.04. The number of rotatable bonds is 7. The Kier molecular flexibility index (Phi) is 15.7. The second-order valence-electron chi connectivity index (χ2n) is 3.32. The highest BCUT2D eigenvalue weighted by atomic mass is 16.5. The van der Waals surface area contributed by atoms with Gasteiger partial charge in [0.25, 0.3) is 0 Å². The normalized spacial score (nSPS) is 9.38. The maximum Gasteiger partial charge on any atom is 0.407 e. The molecule has 1 N–H and O–H groups in total. The van der Waals surface area contributed by atoms with Crippen LogP contribution in [-0.2, 0) is 4.74 Å². The summed E-state index contributed by atoms with van der Waals surface area (Å²) in [5, 5.41) is 2.58. The highest BCUT2D eigenvalue weighted by molar-refractivity contribution is 5.66. The highest BCUT2D eigenvalue weighted by Gasteiger charge is 2.01. The van der Waals surface area contributed by atoms with Gasteiger partial charge in [0, 0.05) is 13.1 Å². The molecule has 0 aromatic heterocycles. The minimum atomic E-state index is -0.323. The van der Waals surface area contributed by atoms with Crippen LogP contribution in [0.4, 0.5) is 4.79 Å². The zero-order valence-corrected chi connectivity index (χ0v) is 11.5. The molecule has 0 saturated carbocycles. The number of nitrogens with one attached hydrogen (secondary N) is 1. The van der Waals surface area contributed by atoms with Gasteiger partial charge < -0.3 is 15.0 Å². The highest BCUT2D eigenvalue weighted by Crippen LogP contribution is 1.91. The van der Waals surface area contributed by atoms with E-state index in [1.165, 1.54) is 12.8 Å². The Morgan fingerprint density at radius 3 is 2.38 bits per heavy atom. The van der Waals surface area contributed by atoms with E-state index < -0.39 is 0 Å². The number of unbranched alkanes of at least 4 members (excludes halogenated alkanes) is 1. The molecule has 98 valence electrons. The average molecular weight is 232 g/mol. The molecule has 0 aromatic rings. The van der Waals surface area contributed by atoms with Gasteiger partial charge in [0.15, 0.2) is 0 Å². The number of alkyl carbamates (subject to hydrolysis) is 1. The van der Waals surface area contributed by atoms with Crippen LogP contribution in [0.5, 0.6) is 0 Å². The maximum atomic E-state index is 10.9. The van der Waals surface area contributed by atoms with Gasteiger partial charge in [-0.1, -0.05) is 27.2 Å². The molecule has 0 heterocycles. The summed E-state index contributed by atoms with van der Waals surface area (Å²) in [6.45, 7) is 11.0.